The molecule has 0 unspecified atom stereocenters. The van der Waals surface area contributed by atoms with Crippen LogP contribution in [-0.4, -0.2) is 33.1 Å². The van der Waals surface area contributed by atoms with Crippen LogP contribution in [0, 0.1) is 11.3 Å². The van der Waals surface area contributed by atoms with E-state index in [0.29, 0.717) is 27.9 Å². The van der Waals surface area contributed by atoms with Crippen LogP contribution in [0.2, 0.25) is 0 Å². The fourth-order valence-electron chi connectivity index (χ4n) is 2.29. The van der Waals surface area contributed by atoms with Gasteiger partial charge in [-0.1, -0.05) is 11.8 Å². The maximum absolute atomic E-state index is 12.2. The van der Waals surface area contributed by atoms with Crippen molar-refractivity contribution in [3.63, 3.8) is 0 Å². The van der Waals surface area contributed by atoms with Gasteiger partial charge in [0, 0.05) is 18.0 Å². The summed E-state index contributed by atoms with van der Waals surface area (Å²) >= 11 is 1.29. The Kier molecular flexibility index (Phi) is 4.35. The average Bonchev–Trinajstić information content (AvgIpc) is 3.14. The fourth-order valence-corrected chi connectivity index (χ4v) is 2.67. The second-order valence-corrected chi connectivity index (χ2v) is 5.54. The lowest BCUT2D eigenvalue weighted by molar-refractivity contribution is 0.415. The number of aromatic amines is 1. The molecule has 0 aliphatic carbocycles. The molecule has 0 aliphatic rings. The lowest BCUT2D eigenvalue weighted by atomic mass is 10.0. The monoisotopic (exact) mass is 339 g/mol. The minimum atomic E-state index is -0.471. The highest BCUT2D eigenvalue weighted by Gasteiger charge is 2.18. The quantitative estimate of drug-likeness (QED) is 0.578. The first kappa shape index (κ1) is 15.8. The molecule has 1 N–H and O–H groups in total. The number of rotatable bonds is 4. The van der Waals surface area contributed by atoms with Gasteiger partial charge in [0.05, 0.1) is 18.5 Å². The zero-order valence-corrected chi connectivity index (χ0v) is 13.8. The molecule has 7 nitrogen and oxygen atoms in total. The number of benzene rings is 1. The molecule has 0 bridgehead atoms. The maximum Gasteiger partial charge on any atom is 0.270 e. The summed E-state index contributed by atoms with van der Waals surface area (Å²) in [5, 5.41) is 14.1. The Labute approximate surface area is 141 Å². The van der Waals surface area contributed by atoms with E-state index in [1.807, 2.05) is 12.1 Å². The van der Waals surface area contributed by atoms with E-state index >= 15 is 0 Å². The van der Waals surface area contributed by atoms with Crippen molar-refractivity contribution in [1.29, 1.82) is 5.26 Å². The van der Waals surface area contributed by atoms with E-state index in [0.717, 1.165) is 0 Å². The van der Waals surface area contributed by atoms with Gasteiger partial charge in [0.25, 0.3) is 5.56 Å². The van der Waals surface area contributed by atoms with Crippen LogP contribution in [-0.2, 0) is 0 Å². The third kappa shape index (κ3) is 2.77. The third-order valence-corrected chi connectivity index (χ3v) is 3.99. The number of ether oxygens (including phenoxy) is 1. The minimum Gasteiger partial charge on any atom is -0.497 e. The molecule has 0 spiro atoms. The lowest BCUT2D eigenvalue weighted by Crippen LogP contribution is -2.15. The van der Waals surface area contributed by atoms with Crippen molar-refractivity contribution in [3.8, 4) is 28.8 Å². The summed E-state index contributed by atoms with van der Waals surface area (Å²) in [6.45, 7) is 0. The largest absolute Gasteiger partial charge is 0.497 e. The summed E-state index contributed by atoms with van der Waals surface area (Å²) < 4.78 is 6.93. The van der Waals surface area contributed by atoms with Crippen molar-refractivity contribution in [1.82, 2.24) is 19.7 Å². The Hall–Kier alpha value is -3.05. The predicted octanol–water partition coefficient (Wildman–Crippen LogP) is 2.22. The molecule has 0 aliphatic heterocycles. The molecular weight excluding hydrogens is 326 g/mol. The summed E-state index contributed by atoms with van der Waals surface area (Å²) in [5.74, 6) is 0.595. The first-order valence-corrected chi connectivity index (χ1v) is 8.17. The van der Waals surface area contributed by atoms with Crippen molar-refractivity contribution in [2.75, 3.05) is 13.4 Å². The van der Waals surface area contributed by atoms with Crippen LogP contribution in [0.25, 0.3) is 16.9 Å². The van der Waals surface area contributed by atoms with Gasteiger partial charge in [0.1, 0.15) is 17.4 Å². The van der Waals surface area contributed by atoms with Gasteiger partial charge in [0.15, 0.2) is 5.16 Å². The molecule has 2 heterocycles. The Morgan fingerprint density at radius 3 is 2.88 bits per heavy atom. The van der Waals surface area contributed by atoms with Gasteiger partial charge in [-0.2, -0.15) is 10.4 Å². The fraction of sp³-hybridized carbons (Fsp3) is 0.125. The molecule has 0 radical (unpaired) electrons. The van der Waals surface area contributed by atoms with Crippen molar-refractivity contribution in [2.24, 2.45) is 0 Å². The molecule has 1 aromatic carbocycles. The number of H-pyrrole nitrogens is 1. The topological polar surface area (TPSA) is 96.6 Å². The van der Waals surface area contributed by atoms with Gasteiger partial charge in [-0.3, -0.25) is 4.79 Å². The minimum absolute atomic E-state index is 0.0468. The van der Waals surface area contributed by atoms with Crippen LogP contribution >= 0.6 is 11.8 Å². The van der Waals surface area contributed by atoms with E-state index in [1.165, 1.54) is 11.8 Å². The summed E-state index contributed by atoms with van der Waals surface area (Å²) in [7, 11) is 1.55. The Balaban J connectivity index is 2.35. The van der Waals surface area contributed by atoms with E-state index in [2.05, 4.69) is 15.1 Å². The van der Waals surface area contributed by atoms with Crippen molar-refractivity contribution in [3.05, 3.63) is 52.6 Å². The summed E-state index contributed by atoms with van der Waals surface area (Å²) in [6.07, 6.45) is 5.23. The summed E-state index contributed by atoms with van der Waals surface area (Å²) in [4.78, 5) is 19.2. The van der Waals surface area contributed by atoms with Crippen LogP contribution in [0.4, 0.5) is 0 Å². The first-order chi connectivity index (χ1) is 11.7. The summed E-state index contributed by atoms with van der Waals surface area (Å²) in [5.41, 5.74) is 1.07. The molecule has 120 valence electrons. The molecule has 0 saturated heterocycles. The molecular formula is C16H13N5O2S. The van der Waals surface area contributed by atoms with Crippen LogP contribution in [0.5, 0.6) is 5.75 Å². The molecule has 3 rings (SSSR count). The van der Waals surface area contributed by atoms with Gasteiger partial charge < -0.3 is 9.72 Å². The van der Waals surface area contributed by atoms with Gasteiger partial charge in [-0.15, -0.1) is 0 Å². The normalized spacial score (nSPS) is 10.4. The average molecular weight is 339 g/mol. The van der Waals surface area contributed by atoms with Gasteiger partial charge in [-0.05, 0) is 30.5 Å². The Morgan fingerprint density at radius 1 is 1.42 bits per heavy atom. The highest BCUT2D eigenvalue weighted by molar-refractivity contribution is 7.98. The van der Waals surface area contributed by atoms with E-state index in [-0.39, 0.29) is 5.56 Å². The number of methoxy groups -OCH3 is 1. The zero-order valence-electron chi connectivity index (χ0n) is 13.0. The van der Waals surface area contributed by atoms with Crippen LogP contribution < -0.4 is 10.3 Å². The highest BCUT2D eigenvalue weighted by Crippen LogP contribution is 2.31. The van der Waals surface area contributed by atoms with Crippen LogP contribution in [0.1, 0.15) is 5.56 Å². The third-order valence-electron chi connectivity index (χ3n) is 3.41. The second kappa shape index (κ2) is 6.60. The molecule has 24 heavy (non-hydrogen) atoms. The van der Waals surface area contributed by atoms with Crippen molar-refractivity contribution < 1.29 is 4.74 Å². The van der Waals surface area contributed by atoms with Gasteiger partial charge >= 0.3 is 0 Å². The number of thioether (sulfide) groups is 1. The number of nitrogens with one attached hydrogen (secondary N) is 1. The van der Waals surface area contributed by atoms with Crippen LogP contribution in [0.15, 0.2) is 46.6 Å². The summed E-state index contributed by atoms with van der Waals surface area (Å²) in [6, 6.07) is 9.06. The molecule has 0 atom stereocenters. The van der Waals surface area contributed by atoms with Gasteiger partial charge in [-0.25, -0.2) is 9.67 Å². The Morgan fingerprint density at radius 2 is 2.25 bits per heavy atom. The molecule has 2 aromatic heterocycles. The number of aromatic nitrogens is 4. The van der Waals surface area contributed by atoms with E-state index in [1.54, 1.807) is 48.6 Å². The van der Waals surface area contributed by atoms with Crippen molar-refractivity contribution >= 4 is 11.8 Å². The number of hydrogen-bond donors (Lipinski definition) is 1. The molecule has 8 heteroatoms. The van der Waals surface area contributed by atoms with E-state index in [4.69, 9.17) is 4.74 Å². The number of hydrogen-bond acceptors (Lipinski definition) is 6. The zero-order chi connectivity index (χ0) is 17.1. The van der Waals surface area contributed by atoms with Crippen molar-refractivity contribution in [2.45, 2.75) is 5.16 Å². The van der Waals surface area contributed by atoms with Gasteiger partial charge in [0.2, 0.25) is 0 Å². The van der Waals surface area contributed by atoms with Crippen LogP contribution in [0.3, 0.4) is 0 Å². The molecule has 3 aromatic rings. The molecule has 0 saturated carbocycles. The number of nitriles is 1. The standard InChI is InChI=1S/C16H13N5O2S/c1-23-10-4-5-13(21-7-3-6-18-21)11(8-10)14-12(9-17)15(22)20-16(19-14)24-2/h3-8H,1-2H3,(H,19,20,22). The first-order valence-electron chi connectivity index (χ1n) is 6.94. The predicted molar refractivity (Wildman–Crippen MR) is 90.5 cm³/mol. The van der Waals surface area contributed by atoms with E-state index in [9.17, 15) is 10.1 Å². The smallest absolute Gasteiger partial charge is 0.270 e. The SMILES string of the molecule is COc1ccc(-n2cccn2)c(-c2nc(SC)[nH]c(=O)c2C#N)c1. The molecule has 0 amide bonds. The number of nitrogens with zero attached hydrogens (tertiary/aromatic N) is 4. The second-order valence-electron chi connectivity index (χ2n) is 4.74. The Bertz CT molecular complexity index is 973. The maximum atomic E-state index is 12.2. The van der Waals surface area contributed by atoms with E-state index < -0.39 is 5.56 Å². The molecule has 0 fully saturated rings. The lowest BCUT2D eigenvalue weighted by Gasteiger charge is -2.12. The highest BCUT2D eigenvalue weighted by atomic mass is 32.2.